The number of amides is 1. The molecule has 1 unspecified atom stereocenters. The van der Waals surface area contributed by atoms with E-state index in [-0.39, 0.29) is 23.8 Å². The van der Waals surface area contributed by atoms with Crippen molar-refractivity contribution in [3.63, 3.8) is 0 Å². The van der Waals surface area contributed by atoms with Crippen LogP contribution in [0.5, 0.6) is 0 Å². The first-order valence-corrected chi connectivity index (χ1v) is 6.69. The average Bonchev–Trinajstić information content (AvgIpc) is 2.90. The van der Waals surface area contributed by atoms with Crippen molar-refractivity contribution in [2.45, 2.75) is 13.3 Å². The number of benzene rings is 1. The van der Waals surface area contributed by atoms with E-state index in [1.54, 1.807) is 6.92 Å². The summed E-state index contributed by atoms with van der Waals surface area (Å²) >= 11 is 0. The Labute approximate surface area is 116 Å². The summed E-state index contributed by atoms with van der Waals surface area (Å²) in [6, 6.07) is 2.10. The minimum Gasteiger partial charge on any atom is -0.396 e. The lowest BCUT2D eigenvalue weighted by atomic mass is 10.1. The molecule has 1 aliphatic heterocycles. The zero-order valence-electron chi connectivity index (χ0n) is 11.3. The monoisotopic (exact) mass is 284 g/mol. The number of rotatable bonds is 4. The van der Waals surface area contributed by atoms with Gasteiger partial charge in [0.1, 0.15) is 17.3 Å². The van der Waals surface area contributed by atoms with Gasteiger partial charge in [-0.05, 0) is 25.5 Å². The minimum atomic E-state index is -0.770. The smallest absolute Gasteiger partial charge is 0.254 e. The third kappa shape index (κ3) is 2.90. The number of nitrogens with zero attached hydrogens (tertiary/aromatic N) is 1. The lowest BCUT2D eigenvalue weighted by Gasteiger charge is -2.17. The van der Waals surface area contributed by atoms with Crippen LogP contribution in [0, 0.1) is 17.6 Å². The molecule has 0 bridgehead atoms. The summed E-state index contributed by atoms with van der Waals surface area (Å²) in [7, 11) is 0. The van der Waals surface area contributed by atoms with E-state index in [9.17, 15) is 13.6 Å². The van der Waals surface area contributed by atoms with Gasteiger partial charge in [-0.25, -0.2) is 8.78 Å². The van der Waals surface area contributed by atoms with Crippen LogP contribution >= 0.6 is 0 Å². The lowest BCUT2D eigenvalue weighted by molar-refractivity contribution is 0.0781. The summed E-state index contributed by atoms with van der Waals surface area (Å²) in [4.78, 5) is 13.7. The van der Waals surface area contributed by atoms with Crippen LogP contribution in [0.3, 0.4) is 0 Å². The lowest BCUT2D eigenvalue weighted by Crippen LogP contribution is -2.29. The van der Waals surface area contributed by atoms with E-state index in [0.717, 1.165) is 12.1 Å². The van der Waals surface area contributed by atoms with Crippen molar-refractivity contribution in [1.82, 2.24) is 4.90 Å². The van der Waals surface area contributed by atoms with Gasteiger partial charge in [0, 0.05) is 37.7 Å². The molecule has 20 heavy (non-hydrogen) atoms. The summed E-state index contributed by atoms with van der Waals surface area (Å²) in [5, 5.41) is 11.6. The number of aliphatic hydroxyl groups is 1. The molecular weight excluding hydrogens is 266 g/mol. The SMILES string of the molecule is CCNc1c(F)cc(C(=O)N2CCC(CO)C2)cc1F. The summed E-state index contributed by atoms with van der Waals surface area (Å²) in [5.74, 6) is -1.89. The molecule has 0 spiro atoms. The van der Waals surface area contributed by atoms with E-state index in [1.165, 1.54) is 4.90 Å². The van der Waals surface area contributed by atoms with E-state index in [0.29, 0.717) is 26.1 Å². The predicted octanol–water partition coefficient (Wildman–Crippen LogP) is 1.85. The zero-order valence-corrected chi connectivity index (χ0v) is 11.3. The molecule has 110 valence electrons. The molecule has 0 saturated carbocycles. The molecular formula is C14H18F2N2O2. The summed E-state index contributed by atoms with van der Waals surface area (Å²) < 4.78 is 27.5. The van der Waals surface area contributed by atoms with E-state index in [1.807, 2.05) is 0 Å². The second-order valence-corrected chi connectivity index (χ2v) is 4.93. The van der Waals surface area contributed by atoms with Crippen LogP contribution in [-0.2, 0) is 0 Å². The third-order valence-corrected chi connectivity index (χ3v) is 3.47. The first kappa shape index (κ1) is 14.7. The zero-order chi connectivity index (χ0) is 14.7. The molecule has 0 aliphatic carbocycles. The molecule has 0 radical (unpaired) electrons. The molecule has 0 aromatic heterocycles. The maximum atomic E-state index is 13.8. The molecule has 1 heterocycles. The predicted molar refractivity (Wildman–Crippen MR) is 71.6 cm³/mol. The van der Waals surface area contributed by atoms with Crippen LogP contribution in [-0.4, -0.2) is 42.2 Å². The molecule has 1 fully saturated rings. The first-order valence-electron chi connectivity index (χ1n) is 6.69. The first-order chi connectivity index (χ1) is 9.56. The summed E-state index contributed by atoms with van der Waals surface area (Å²) in [5.41, 5.74) is -0.209. The number of halogens is 2. The fourth-order valence-electron chi connectivity index (χ4n) is 2.39. The second-order valence-electron chi connectivity index (χ2n) is 4.93. The molecule has 1 amide bonds. The highest BCUT2D eigenvalue weighted by Gasteiger charge is 2.27. The number of aliphatic hydroxyl groups excluding tert-OH is 1. The largest absolute Gasteiger partial charge is 0.396 e. The number of hydrogen-bond donors (Lipinski definition) is 2. The Kier molecular flexibility index (Phi) is 4.54. The van der Waals surface area contributed by atoms with Crippen LogP contribution in [0.2, 0.25) is 0 Å². The second kappa shape index (κ2) is 6.17. The van der Waals surface area contributed by atoms with Crippen molar-refractivity contribution in [3.8, 4) is 0 Å². The molecule has 4 nitrogen and oxygen atoms in total. The Morgan fingerprint density at radius 3 is 2.60 bits per heavy atom. The number of carbonyl (C=O) groups is 1. The fourth-order valence-corrected chi connectivity index (χ4v) is 2.39. The number of anilines is 1. The van der Waals surface area contributed by atoms with Gasteiger partial charge < -0.3 is 15.3 Å². The summed E-state index contributed by atoms with van der Waals surface area (Å²) in [6.07, 6.45) is 0.711. The van der Waals surface area contributed by atoms with Crippen LogP contribution in [0.4, 0.5) is 14.5 Å². The summed E-state index contributed by atoms with van der Waals surface area (Å²) in [6.45, 7) is 3.07. The molecule has 6 heteroatoms. The topological polar surface area (TPSA) is 52.6 Å². The van der Waals surface area contributed by atoms with Crippen LogP contribution in [0.25, 0.3) is 0 Å². The van der Waals surface area contributed by atoms with E-state index in [4.69, 9.17) is 5.11 Å². The standard InChI is InChI=1S/C14H18F2N2O2/c1-2-17-13-11(15)5-10(6-12(13)16)14(20)18-4-3-9(7-18)8-19/h5-6,9,17,19H,2-4,7-8H2,1H3. The Hall–Kier alpha value is -1.69. The van der Waals surface area contributed by atoms with Crippen molar-refractivity contribution in [3.05, 3.63) is 29.3 Å². The van der Waals surface area contributed by atoms with Gasteiger partial charge in [0.25, 0.3) is 5.91 Å². The van der Waals surface area contributed by atoms with Gasteiger partial charge >= 0.3 is 0 Å². The Balaban J connectivity index is 2.19. The van der Waals surface area contributed by atoms with Crippen molar-refractivity contribution >= 4 is 11.6 Å². The maximum Gasteiger partial charge on any atom is 0.254 e. The van der Waals surface area contributed by atoms with Crippen LogP contribution in [0.1, 0.15) is 23.7 Å². The third-order valence-electron chi connectivity index (χ3n) is 3.47. The van der Waals surface area contributed by atoms with Gasteiger partial charge in [0.05, 0.1) is 0 Å². The Morgan fingerprint density at radius 2 is 2.10 bits per heavy atom. The molecule has 2 rings (SSSR count). The minimum absolute atomic E-state index is 0.000225. The average molecular weight is 284 g/mol. The number of hydrogen-bond acceptors (Lipinski definition) is 3. The van der Waals surface area contributed by atoms with Crippen LogP contribution in [0.15, 0.2) is 12.1 Å². The van der Waals surface area contributed by atoms with Crippen molar-refractivity contribution < 1.29 is 18.7 Å². The highest BCUT2D eigenvalue weighted by Crippen LogP contribution is 2.23. The fraction of sp³-hybridized carbons (Fsp3) is 0.500. The van der Waals surface area contributed by atoms with E-state index < -0.39 is 17.5 Å². The van der Waals surface area contributed by atoms with Gasteiger partial charge in [-0.1, -0.05) is 0 Å². The van der Waals surface area contributed by atoms with Gasteiger partial charge in [0.2, 0.25) is 0 Å². The Bertz CT molecular complexity index is 485. The molecule has 1 atom stereocenters. The van der Waals surface area contributed by atoms with Crippen molar-refractivity contribution in [2.24, 2.45) is 5.92 Å². The molecule has 1 aliphatic rings. The van der Waals surface area contributed by atoms with Crippen molar-refractivity contribution in [1.29, 1.82) is 0 Å². The van der Waals surface area contributed by atoms with Gasteiger partial charge in [0.15, 0.2) is 0 Å². The van der Waals surface area contributed by atoms with E-state index in [2.05, 4.69) is 5.32 Å². The molecule has 2 N–H and O–H groups in total. The number of likely N-dealkylation sites (tertiary alicyclic amines) is 1. The molecule has 1 aromatic carbocycles. The van der Waals surface area contributed by atoms with E-state index >= 15 is 0 Å². The normalized spacial score (nSPS) is 18.4. The highest BCUT2D eigenvalue weighted by molar-refractivity contribution is 5.94. The number of carbonyl (C=O) groups excluding carboxylic acids is 1. The highest BCUT2D eigenvalue weighted by atomic mass is 19.1. The van der Waals surface area contributed by atoms with Gasteiger partial charge in [-0.2, -0.15) is 0 Å². The van der Waals surface area contributed by atoms with Crippen molar-refractivity contribution in [2.75, 3.05) is 31.6 Å². The maximum absolute atomic E-state index is 13.8. The van der Waals surface area contributed by atoms with Crippen LogP contribution < -0.4 is 5.32 Å². The Morgan fingerprint density at radius 1 is 1.45 bits per heavy atom. The quantitative estimate of drug-likeness (QED) is 0.887. The van der Waals surface area contributed by atoms with Gasteiger partial charge in [-0.15, -0.1) is 0 Å². The van der Waals surface area contributed by atoms with Gasteiger partial charge in [-0.3, -0.25) is 4.79 Å². The molecule has 1 saturated heterocycles. The molecule has 1 aromatic rings. The number of nitrogens with one attached hydrogen (secondary N) is 1.